The van der Waals surface area contributed by atoms with Crippen molar-refractivity contribution in [1.82, 2.24) is 20.0 Å². The lowest BCUT2D eigenvalue weighted by atomic mass is 10.1. The molecular weight excluding hydrogens is 356 g/mol. The number of carbonyl (C=O) groups is 1. The Morgan fingerprint density at radius 1 is 1.11 bits per heavy atom. The number of aliphatic imine (C=N–C) groups is 1. The lowest BCUT2D eigenvalue weighted by Gasteiger charge is -2.37. The number of nitrogens with zero attached hydrogens (tertiary/aromatic N) is 5. The van der Waals surface area contributed by atoms with Crippen LogP contribution in [-0.2, 0) is 16.1 Å². The molecule has 28 heavy (non-hydrogen) atoms. The number of nitriles is 1. The smallest absolute Gasteiger partial charge is 0.236 e. The van der Waals surface area contributed by atoms with Crippen molar-refractivity contribution in [2.75, 3.05) is 66.1 Å². The fourth-order valence-corrected chi connectivity index (χ4v) is 3.43. The first-order valence-corrected chi connectivity index (χ1v) is 9.72. The number of hydrogen-bond donors (Lipinski definition) is 1. The van der Waals surface area contributed by atoms with Gasteiger partial charge in [0.15, 0.2) is 5.96 Å². The van der Waals surface area contributed by atoms with Gasteiger partial charge in [0.05, 0.1) is 31.4 Å². The summed E-state index contributed by atoms with van der Waals surface area (Å²) in [7, 11) is 1.79. The van der Waals surface area contributed by atoms with Gasteiger partial charge in [0.2, 0.25) is 5.91 Å². The summed E-state index contributed by atoms with van der Waals surface area (Å²) in [4.78, 5) is 23.1. The molecule has 2 aliphatic rings. The second-order valence-corrected chi connectivity index (χ2v) is 6.97. The Balaban J connectivity index is 1.43. The largest absolute Gasteiger partial charge is 0.378 e. The summed E-state index contributed by atoms with van der Waals surface area (Å²) in [5, 5.41) is 12.3. The minimum absolute atomic E-state index is 0.195. The number of hydrogen-bond acceptors (Lipinski definition) is 5. The van der Waals surface area contributed by atoms with E-state index in [0.29, 0.717) is 45.0 Å². The maximum absolute atomic E-state index is 12.4. The lowest BCUT2D eigenvalue weighted by Crippen LogP contribution is -2.54. The zero-order valence-electron chi connectivity index (χ0n) is 16.4. The molecule has 0 saturated carbocycles. The third-order valence-electron chi connectivity index (χ3n) is 5.14. The Hall–Kier alpha value is -2.63. The van der Waals surface area contributed by atoms with Crippen molar-refractivity contribution in [2.45, 2.75) is 6.54 Å². The van der Waals surface area contributed by atoms with Gasteiger partial charge >= 0.3 is 0 Å². The average Bonchev–Trinajstić information content (AvgIpc) is 2.76. The molecule has 2 heterocycles. The highest BCUT2D eigenvalue weighted by Gasteiger charge is 2.24. The van der Waals surface area contributed by atoms with Crippen molar-refractivity contribution in [3.8, 4) is 6.07 Å². The highest BCUT2D eigenvalue weighted by atomic mass is 16.5. The highest BCUT2D eigenvalue weighted by Crippen LogP contribution is 2.07. The summed E-state index contributed by atoms with van der Waals surface area (Å²) in [6.45, 7) is 7.17. The van der Waals surface area contributed by atoms with Crippen LogP contribution in [0.3, 0.4) is 0 Å². The number of guanidine groups is 1. The number of morpholine rings is 1. The molecule has 1 aromatic rings. The second-order valence-electron chi connectivity index (χ2n) is 6.97. The summed E-state index contributed by atoms with van der Waals surface area (Å²) in [5.74, 6) is 1.06. The molecule has 8 heteroatoms. The number of benzene rings is 1. The van der Waals surface area contributed by atoms with Crippen LogP contribution in [-0.4, -0.2) is 92.6 Å². The summed E-state index contributed by atoms with van der Waals surface area (Å²) in [5.41, 5.74) is 1.77. The predicted octanol–water partition coefficient (Wildman–Crippen LogP) is 0.110. The van der Waals surface area contributed by atoms with E-state index in [0.717, 1.165) is 37.7 Å². The van der Waals surface area contributed by atoms with Crippen molar-refractivity contribution in [3.05, 3.63) is 35.4 Å². The first kappa shape index (κ1) is 20.1. The summed E-state index contributed by atoms with van der Waals surface area (Å²) >= 11 is 0. The van der Waals surface area contributed by atoms with Crippen LogP contribution in [0.2, 0.25) is 0 Å². The molecule has 0 radical (unpaired) electrons. The van der Waals surface area contributed by atoms with E-state index in [1.807, 2.05) is 29.2 Å². The molecule has 0 bridgehead atoms. The van der Waals surface area contributed by atoms with Crippen LogP contribution < -0.4 is 5.32 Å². The van der Waals surface area contributed by atoms with Crippen molar-refractivity contribution >= 4 is 11.9 Å². The molecule has 1 N–H and O–H groups in total. The molecule has 0 atom stereocenters. The normalized spacial score (nSPS) is 18.6. The van der Waals surface area contributed by atoms with E-state index in [1.165, 1.54) is 0 Å². The second kappa shape index (κ2) is 10.1. The van der Waals surface area contributed by atoms with Gasteiger partial charge < -0.3 is 19.9 Å². The monoisotopic (exact) mass is 384 g/mol. The van der Waals surface area contributed by atoms with Crippen molar-refractivity contribution in [3.63, 3.8) is 0 Å². The molecule has 0 aliphatic carbocycles. The zero-order chi connectivity index (χ0) is 19.8. The number of nitrogens with one attached hydrogen (secondary N) is 1. The molecule has 0 spiro atoms. The van der Waals surface area contributed by atoms with E-state index in [4.69, 9.17) is 10.00 Å². The molecule has 0 aromatic heterocycles. The van der Waals surface area contributed by atoms with Gasteiger partial charge in [-0.15, -0.1) is 0 Å². The molecule has 150 valence electrons. The summed E-state index contributed by atoms with van der Waals surface area (Å²) in [6.07, 6.45) is 0. The van der Waals surface area contributed by atoms with Gasteiger partial charge in [-0.05, 0) is 17.7 Å². The van der Waals surface area contributed by atoms with Crippen LogP contribution in [0.25, 0.3) is 0 Å². The van der Waals surface area contributed by atoms with Gasteiger partial charge in [0.25, 0.3) is 0 Å². The van der Waals surface area contributed by atoms with E-state index >= 15 is 0 Å². The van der Waals surface area contributed by atoms with Gasteiger partial charge in [-0.2, -0.15) is 5.26 Å². The molecule has 1 amide bonds. The topological polar surface area (TPSA) is 84.2 Å². The third-order valence-corrected chi connectivity index (χ3v) is 5.14. The third kappa shape index (κ3) is 5.44. The minimum atomic E-state index is 0.195. The number of carbonyl (C=O) groups excluding carboxylic acids is 1. The summed E-state index contributed by atoms with van der Waals surface area (Å²) in [6, 6.07) is 9.68. The molecule has 3 rings (SSSR count). The van der Waals surface area contributed by atoms with E-state index in [1.54, 1.807) is 7.05 Å². The number of amides is 1. The molecule has 2 saturated heterocycles. The Morgan fingerprint density at radius 2 is 1.79 bits per heavy atom. The molecule has 1 aromatic carbocycles. The molecule has 2 aliphatic heterocycles. The van der Waals surface area contributed by atoms with Gasteiger partial charge in [0.1, 0.15) is 0 Å². The van der Waals surface area contributed by atoms with Crippen LogP contribution in [0.4, 0.5) is 0 Å². The van der Waals surface area contributed by atoms with Crippen LogP contribution in [0, 0.1) is 11.3 Å². The molecule has 0 unspecified atom stereocenters. The number of piperazine rings is 1. The highest BCUT2D eigenvalue weighted by molar-refractivity contribution is 5.80. The van der Waals surface area contributed by atoms with E-state index in [-0.39, 0.29) is 5.91 Å². The van der Waals surface area contributed by atoms with E-state index in [9.17, 15) is 4.79 Å². The summed E-state index contributed by atoms with van der Waals surface area (Å²) < 4.78 is 5.31. The fraction of sp³-hybridized carbons (Fsp3) is 0.550. The van der Waals surface area contributed by atoms with Gasteiger partial charge in [-0.3, -0.25) is 14.7 Å². The van der Waals surface area contributed by atoms with Crippen LogP contribution in [0.5, 0.6) is 0 Å². The van der Waals surface area contributed by atoms with Gasteiger partial charge in [0, 0.05) is 52.9 Å². The SMILES string of the molecule is CN=C(NCc1ccc(C#N)cc1)N1CCN(CC(=O)N2CCOCC2)CC1. The molecule has 8 nitrogen and oxygen atoms in total. The Labute approximate surface area is 166 Å². The Kier molecular flexibility index (Phi) is 7.23. The minimum Gasteiger partial charge on any atom is -0.378 e. The van der Waals surface area contributed by atoms with Crippen LogP contribution in [0.1, 0.15) is 11.1 Å². The standard InChI is InChI=1S/C20H28N6O2/c1-22-20(23-15-18-4-2-17(14-21)3-5-18)26-8-6-24(7-9-26)16-19(27)25-10-12-28-13-11-25/h2-5H,6-13,15-16H2,1H3,(H,22,23). The first-order chi connectivity index (χ1) is 13.7. The first-order valence-electron chi connectivity index (χ1n) is 9.72. The van der Waals surface area contributed by atoms with E-state index in [2.05, 4.69) is 26.2 Å². The van der Waals surface area contributed by atoms with Crippen molar-refractivity contribution in [2.24, 2.45) is 4.99 Å². The maximum Gasteiger partial charge on any atom is 0.236 e. The zero-order valence-corrected chi connectivity index (χ0v) is 16.4. The molecule has 2 fully saturated rings. The number of rotatable bonds is 4. The Bertz CT molecular complexity index is 713. The van der Waals surface area contributed by atoms with Crippen LogP contribution >= 0.6 is 0 Å². The molecular formula is C20H28N6O2. The van der Waals surface area contributed by atoms with Gasteiger partial charge in [-0.1, -0.05) is 12.1 Å². The predicted molar refractivity (Wildman–Crippen MR) is 107 cm³/mol. The lowest BCUT2D eigenvalue weighted by molar-refractivity contribution is -0.136. The van der Waals surface area contributed by atoms with E-state index < -0.39 is 0 Å². The Morgan fingerprint density at radius 3 is 2.39 bits per heavy atom. The fourth-order valence-electron chi connectivity index (χ4n) is 3.43. The van der Waals surface area contributed by atoms with Crippen molar-refractivity contribution < 1.29 is 9.53 Å². The quantitative estimate of drug-likeness (QED) is 0.586. The van der Waals surface area contributed by atoms with Gasteiger partial charge in [-0.25, -0.2) is 0 Å². The maximum atomic E-state index is 12.4. The average molecular weight is 384 g/mol. The number of ether oxygens (including phenoxy) is 1. The van der Waals surface area contributed by atoms with Crippen molar-refractivity contribution in [1.29, 1.82) is 5.26 Å². The van der Waals surface area contributed by atoms with Crippen LogP contribution in [0.15, 0.2) is 29.3 Å².